The number of benzene rings is 1. The fourth-order valence-corrected chi connectivity index (χ4v) is 1.27. The Labute approximate surface area is 106 Å². The molecule has 0 atom stereocenters. The molecule has 0 aliphatic heterocycles. The first-order valence-corrected chi connectivity index (χ1v) is 5.69. The number of alkyl halides is 1. The molecular formula is C12H15ClN2O2. The van der Waals surface area contributed by atoms with Crippen LogP contribution < -0.4 is 15.4 Å². The first kappa shape index (κ1) is 13.4. The van der Waals surface area contributed by atoms with Gasteiger partial charge < -0.3 is 15.4 Å². The van der Waals surface area contributed by atoms with Crippen molar-refractivity contribution in [2.45, 2.75) is 0 Å². The molecule has 0 aromatic heterocycles. The molecule has 17 heavy (non-hydrogen) atoms. The number of ether oxygens (including phenoxy) is 1. The standard InChI is InChI=1S/C12H15ClN2O2/c1-17-11-6-4-10(5-7-11)15-12(16)14-9-3-2-8-13/h2-7H,8-9H2,1H3,(H2,14,15,16)/b3-2+. The van der Waals surface area contributed by atoms with Gasteiger partial charge in [0, 0.05) is 18.1 Å². The van der Waals surface area contributed by atoms with Crippen LogP contribution in [0.1, 0.15) is 0 Å². The van der Waals surface area contributed by atoms with Crippen LogP contribution >= 0.6 is 11.6 Å². The molecule has 0 fully saturated rings. The molecule has 1 aromatic rings. The summed E-state index contributed by atoms with van der Waals surface area (Å²) in [4.78, 5) is 11.4. The number of carbonyl (C=O) groups excluding carboxylic acids is 1. The van der Waals surface area contributed by atoms with E-state index in [0.29, 0.717) is 18.1 Å². The number of amides is 2. The number of hydrogen-bond donors (Lipinski definition) is 2. The summed E-state index contributed by atoms with van der Waals surface area (Å²) in [6, 6.07) is 6.85. The molecule has 0 saturated carbocycles. The van der Waals surface area contributed by atoms with Crippen molar-refractivity contribution in [3.05, 3.63) is 36.4 Å². The first-order chi connectivity index (χ1) is 8.26. The van der Waals surface area contributed by atoms with Crippen LogP contribution in [-0.4, -0.2) is 25.6 Å². The number of rotatable bonds is 5. The summed E-state index contributed by atoms with van der Waals surface area (Å²) in [5, 5.41) is 5.37. The normalized spacial score (nSPS) is 10.2. The number of halogens is 1. The van der Waals surface area contributed by atoms with Crippen LogP contribution in [0.15, 0.2) is 36.4 Å². The molecule has 2 N–H and O–H groups in total. The van der Waals surface area contributed by atoms with Crippen LogP contribution in [-0.2, 0) is 0 Å². The Morgan fingerprint density at radius 1 is 1.35 bits per heavy atom. The third-order valence-corrected chi connectivity index (χ3v) is 2.16. The predicted octanol–water partition coefficient (Wildman–Crippen LogP) is 2.61. The number of nitrogens with one attached hydrogen (secondary N) is 2. The van der Waals surface area contributed by atoms with Gasteiger partial charge in [-0.3, -0.25) is 0 Å². The Kier molecular flexibility index (Phi) is 5.96. The van der Waals surface area contributed by atoms with Crippen molar-refractivity contribution in [1.29, 1.82) is 0 Å². The van der Waals surface area contributed by atoms with Gasteiger partial charge in [-0.15, -0.1) is 11.6 Å². The van der Waals surface area contributed by atoms with Crippen LogP contribution in [0.4, 0.5) is 10.5 Å². The van der Waals surface area contributed by atoms with Gasteiger partial charge in [0.1, 0.15) is 5.75 Å². The molecule has 5 heteroatoms. The van der Waals surface area contributed by atoms with Gasteiger partial charge >= 0.3 is 6.03 Å². The molecule has 0 saturated heterocycles. The molecule has 4 nitrogen and oxygen atoms in total. The van der Waals surface area contributed by atoms with Gasteiger partial charge in [0.2, 0.25) is 0 Å². The Morgan fingerprint density at radius 3 is 2.65 bits per heavy atom. The highest BCUT2D eigenvalue weighted by atomic mass is 35.5. The van der Waals surface area contributed by atoms with Crippen LogP contribution in [0.3, 0.4) is 0 Å². The molecule has 1 aromatic carbocycles. The topological polar surface area (TPSA) is 50.4 Å². The van der Waals surface area contributed by atoms with Crippen molar-refractivity contribution in [3.63, 3.8) is 0 Å². The van der Waals surface area contributed by atoms with Crippen molar-refractivity contribution < 1.29 is 9.53 Å². The average Bonchev–Trinajstić information content (AvgIpc) is 2.36. The van der Waals surface area contributed by atoms with E-state index in [-0.39, 0.29) is 6.03 Å². The van der Waals surface area contributed by atoms with Gasteiger partial charge in [-0.2, -0.15) is 0 Å². The monoisotopic (exact) mass is 254 g/mol. The predicted molar refractivity (Wildman–Crippen MR) is 69.9 cm³/mol. The fourth-order valence-electron chi connectivity index (χ4n) is 1.15. The van der Waals surface area contributed by atoms with Crippen LogP contribution in [0.5, 0.6) is 5.75 Å². The first-order valence-electron chi connectivity index (χ1n) is 5.16. The molecule has 0 radical (unpaired) electrons. The molecule has 2 amide bonds. The second-order valence-electron chi connectivity index (χ2n) is 3.19. The molecular weight excluding hydrogens is 240 g/mol. The van der Waals surface area contributed by atoms with Crippen molar-refractivity contribution in [1.82, 2.24) is 5.32 Å². The van der Waals surface area contributed by atoms with E-state index in [1.54, 1.807) is 43.5 Å². The van der Waals surface area contributed by atoms with Gasteiger partial charge in [-0.1, -0.05) is 12.2 Å². The lowest BCUT2D eigenvalue weighted by molar-refractivity contribution is 0.253. The van der Waals surface area contributed by atoms with Crippen molar-refractivity contribution in [2.24, 2.45) is 0 Å². The molecule has 0 spiro atoms. The highest BCUT2D eigenvalue weighted by Crippen LogP contribution is 2.14. The van der Waals surface area contributed by atoms with Gasteiger partial charge in [0.15, 0.2) is 0 Å². The molecule has 0 aliphatic rings. The summed E-state index contributed by atoms with van der Waals surface area (Å²) in [6.45, 7) is 0.453. The van der Waals surface area contributed by atoms with Crippen LogP contribution in [0.25, 0.3) is 0 Å². The maximum absolute atomic E-state index is 11.4. The fraction of sp³-hybridized carbons (Fsp3) is 0.250. The van der Waals surface area contributed by atoms with Gasteiger partial charge in [0.05, 0.1) is 7.11 Å². The minimum atomic E-state index is -0.255. The smallest absolute Gasteiger partial charge is 0.319 e. The lowest BCUT2D eigenvalue weighted by Gasteiger charge is -2.06. The minimum Gasteiger partial charge on any atom is -0.497 e. The number of methoxy groups -OCH3 is 1. The SMILES string of the molecule is COc1ccc(NC(=O)NC/C=C/CCl)cc1. The average molecular weight is 255 g/mol. The van der Waals surface area contributed by atoms with E-state index in [9.17, 15) is 4.79 Å². The van der Waals surface area contributed by atoms with E-state index >= 15 is 0 Å². The summed E-state index contributed by atoms with van der Waals surface area (Å²) < 4.78 is 5.02. The summed E-state index contributed by atoms with van der Waals surface area (Å²) in [5.74, 6) is 1.20. The number of anilines is 1. The van der Waals surface area contributed by atoms with Gasteiger partial charge in [-0.25, -0.2) is 4.79 Å². The molecule has 0 heterocycles. The Morgan fingerprint density at radius 2 is 2.06 bits per heavy atom. The number of allylic oxidation sites excluding steroid dienone is 1. The molecule has 1 rings (SSSR count). The zero-order chi connectivity index (χ0) is 12.5. The lowest BCUT2D eigenvalue weighted by Crippen LogP contribution is -2.28. The van der Waals surface area contributed by atoms with Crippen molar-refractivity contribution >= 4 is 23.3 Å². The second kappa shape index (κ2) is 7.57. The second-order valence-corrected chi connectivity index (χ2v) is 3.50. The lowest BCUT2D eigenvalue weighted by atomic mass is 10.3. The highest BCUT2D eigenvalue weighted by Gasteiger charge is 1.99. The number of urea groups is 1. The molecule has 0 aliphatic carbocycles. The largest absolute Gasteiger partial charge is 0.497 e. The molecule has 0 unspecified atom stereocenters. The Hall–Kier alpha value is -1.68. The molecule has 92 valence electrons. The molecule has 0 bridgehead atoms. The quantitative estimate of drug-likeness (QED) is 0.627. The van der Waals surface area contributed by atoms with Crippen molar-refractivity contribution in [2.75, 3.05) is 24.9 Å². The summed E-state index contributed by atoms with van der Waals surface area (Å²) in [5.41, 5.74) is 0.713. The summed E-state index contributed by atoms with van der Waals surface area (Å²) in [7, 11) is 1.60. The summed E-state index contributed by atoms with van der Waals surface area (Å²) in [6.07, 6.45) is 3.57. The van der Waals surface area contributed by atoms with E-state index in [0.717, 1.165) is 5.75 Å². The van der Waals surface area contributed by atoms with Gasteiger partial charge in [0.25, 0.3) is 0 Å². The summed E-state index contributed by atoms with van der Waals surface area (Å²) >= 11 is 5.45. The van der Waals surface area contributed by atoms with Crippen molar-refractivity contribution in [3.8, 4) is 5.75 Å². The third-order valence-electron chi connectivity index (χ3n) is 1.98. The van der Waals surface area contributed by atoms with E-state index < -0.39 is 0 Å². The number of hydrogen-bond acceptors (Lipinski definition) is 2. The maximum atomic E-state index is 11.4. The Balaban J connectivity index is 2.37. The van der Waals surface area contributed by atoms with E-state index in [1.807, 2.05) is 0 Å². The van der Waals surface area contributed by atoms with E-state index in [2.05, 4.69) is 10.6 Å². The maximum Gasteiger partial charge on any atom is 0.319 e. The van der Waals surface area contributed by atoms with Crippen LogP contribution in [0, 0.1) is 0 Å². The van der Waals surface area contributed by atoms with E-state index in [1.165, 1.54) is 0 Å². The van der Waals surface area contributed by atoms with Gasteiger partial charge in [-0.05, 0) is 24.3 Å². The van der Waals surface area contributed by atoms with E-state index in [4.69, 9.17) is 16.3 Å². The Bertz CT molecular complexity index is 377. The zero-order valence-corrected chi connectivity index (χ0v) is 10.3. The van der Waals surface area contributed by atoms with Crippen LogP contribution in [0.2, 0.25) is 0 Å². The highest BCUT2D eigenvalue weighted by molar-refractivity contribution is 6.18. The third kappa shape index (κ3) is 5.26. The zero-order valence-electron chi connectivity index (χ0n) is 9.57. The minimum absolute atomic E-state index is 0.255. The number of carbonyl (C=O) groups is 1.